The standard InChI is InChI=1S/C17H16BrN3O2/c18-15-8-7-14(23-15)17(22)20-9-4-11-21-12-10-19-16(21)13-5-2-1-3-6-13/h1-3,5-8,10,12H,4,9,11H2,(H,20,22). The number of hydrogen-bond donors (Lipinski definition) is 1. The first-order valence-electron chi connectivity index (χ1n) is 7.34. The normalized spacial score (nSPS) is 10.7. The molecule has 0 aliphatic heterocycles. The lowest BCUT2D eigenvalue weighted by Gasteiger charge is -2.08. The van der Waals surface area contributed by atoms with Crippen LogP contribution >= 0.6 is 15.9 Å². The molecule has 0 aliphatic rings. The SMILES string of the molecule is O=C(NCCCn1ccnc1-c1ccccc1)c1ccc(Br)o1. The Bertz CT molecular complexity index is 780. The zero-order chi connectivity index (χ0) is 16.1. The molecule has 23 heavy (non-hydrogen) atoms. The number of carbonyl (C=O) groups is 1. The van der Waals surface area contributed by atoms with Crippen molar-refractivity contribution in [3.8, 4) is 11.4 Å². The molecule has 6 heteroatoms. The maximum Gasteiger partial charge on any atom is 0.287 e. The molecule has 3 rings (SSSR count). The highest BCUT2D eigenvalue weighted by Gasteiger charge is 2.10. The van der Waals surface area contributed by atoms with E-state index in [2.05, 4.69) is 30.8 Å². The number of hydrogen-bond acceptors (Lipinski definition) is 3. The van der Waals surface area contributed by atoms with Gasteiger partial charge in [-0.3, -0.25) is 4.79 Å². The van der Waals surface area contributed by atoms with Gasteiger partial charge >= 0.3 is 0 Å². The van der Waals surface area contributed by atoms with E-state index in [1.54, 1.807) is 18.3 Å². The van der Waals surface area contributed by atoms with Gasteiger partial charge in [-0.05, 0) is 34.5 Å². The molecule has 0 unspecified atom stereocenters. The first-order valence-corrected chi connectivity index (χ1v) is 8.13. The van der Waals surface area contributed by atoms with Gasteiger partial charge in [0.2, 0.25) is 0 Å². The number of nitrogens with zero attached hydrogens (tertiary/aromatic N) is 2. The summed E-state index contributed by atoms with van der Waals surface area (Å²) in [6, 6.07) is 13.4. The molecule has 118 valence electrons. The molecule has 0 aliphatic carbocycles. The molecule has 1 amide bonds. The van der Waals surface area contributed by atoms with Gasteiger partial charge in [-0.1, -0.05) is 30.3 Å². The number of nitrogens with one attached hydrogen (secondary N) is 1. The predicted molar refractivity (Wildman–Crippen MR) is 91.0 cm³/mol. The molecule has 0 bridgehead atoms. The van der Waals surface area contributed by atoms with Crippen molar-refractivity contribution in [3.63, 3.8) is 0 Å². The molecular formula is C17H16BrN3O2. The second-order valence-corrected chi connectivity index (χ2v) is 5.81. The summed E-state index contributed by atoms with van der Waals surface area (Å²) in [4.78, 5) is 16.3. The van der Waals surface area contributed by atoms with Gasteiger partial charge in [-0.15, -0.1) is 0 Å². The minimum atomic E-state index is -0.204. The first kappa shape index (κ1) is 15.6. The second kappa shape index (κ2) is 7.28. The summed E-state index contributed by atoms with van der Waals surface area (Å²) in [5.74, 6) is 1.04. The van der Waals surface area contributed by atoms with Gasteiger partial charge in [0, 0.05) is 31.0 Å². The molecule has 3 aromatic rings. The van der Waals surface area contributed by atoms with Crippen LogP contribution in [0, 0.1) is 0 Å². The van der Waals surface area contributed by atoms with E-state index in [1.807, 2.05) is 36.5 Å². The minimum absolute atomic E-state index is 0.204. The average Bonchev–Trinajstić information content (AvgIpc) is 3.21. The second-order valence-electron chi connectivity index (χ2n) is 5.02. The number of aryl methyl sites for hydroxylation is 1. The van der Waals surface area contributed by atoms with Crippen LogP contribution in [0.25, 0.3) is 11.4 Å². The van der Waals surface area contributed by atoms with E-state index in [0.717, 1.165) is 24.4 Å². The number of amides is 1. The quantitative estimate of drug-likeness (QED) is 0.669. The van der Waals surface area contributed by atoms with Crippen LogP contribution in [0.1, 0.15) is 17.0 Å². The average molecular weight is 374 g/mol. The molecule has 2 heterocycles. The topological polar surface area (TPSA) is 60.1 Å². The van der Waals surface area contributed by atoms with Crippen LogP contribution in [0.2, 0.25) is 0 Å². The largest absolute Gasteiger partial charge is 0.444 e. The smallest absolute Gasteiger partial charge is 0.287 e. The predicted octanol–water partition coefficient (Wildman–Crippen LogP) is 3.73. The number of benzene rings is 1. The van der Waals surface area contributed by atoms with E-state index < -0.39 is 0 Å². The summed E-state index contributed by atoms with van der Waals surface area (Å²) in [6.07, 6.45) is 4.55. The van der Waals surface area contributed by atoms with Crippen LogP contribution in [0.3, 0.4) is 0 Å². The van der Waals surface area contributed by atoms with Gasteiger partial charge in [0.15, 0.2) is 10.4 Å². The van der Waals surface area contributed by atoms with Crippen molar-refractivity contribution in [1.82, 2.24) is 14.9 Å². The number of furan rings is 1. The van der Waals surface area contributed by atoms with Gasteiger partial charge in [0.05, 0.1) is 0 Å². The Hall–Kier alpha value is -2.34. The van der Waals surface area contributed by atoms with Gasteiger partial charge in [-0.2, -0.15) is 0 Å². The molecule has 1 N–H and O–H groups in total. The third-order valence-electron chi connectivity index (χ3n) is 3.41. The van der Waals surface area contributed by atoms with E-state index in [0.29, 0.717) is 17.0 Å². The molecule has 2 aromatic heterocycles. The molecular weight excluding hydrogens is 358 g/mol. The number of halogens is 1. The Morgan fingerprint density at radius 1 is 1.22 bits per heavy atom. The fourth-order valence-corrected chi connectivity index (χ4v) is 2.62. The van der Waals surface area contributed by atoms with Crippen molar-refractivity contribution in [1.29, 1.82) is 0 Å². The van der Waals surface area contributed by atoms with Gasteiger partial charge in [0.1, 0.15) is 5.82 Å². The third-order valence-corrected chi connectivity index (χ3v) is 3.83. The summed E-state index contributed by atoms with van der Waals surface area (Å²) >= 11 is 3.18. The van der Waals surface area contributed by atoms with Crippen molar-refractivity contribution in [2.45, 2.75) is 13.0 Å². The Balaban J connectivity index is 1.52. The minimum Gasteiger partial charge on any atom is -0.444 e. The van der Waals surface area contributed by atoms with Crippen molar-refractivity contribution in [2.24, 2.45) is 0 Å². The molecule has 0 atom stereocenters. The molecule has 5 nitrogen and oxygen atoms in total. The lowest BCUT2D eigenvalue weighted by molar-refractivity contribution is 0.0924. The summed E-state index contributed by atoms with van der Waals surface area (Å²) in [5, 5.41) is 2.85. The van der Waals surface area contributed by atoms with Crippen LogP contribution in [-0.2, 0) is 6.54 Å². The maximum atomic E-state index is 11.9. The van der Waals surface area contributed by atoms with Crippen LogP contribution in [0.5, 0.6) is 0 Å². The number of rotatable bonds is 6. The molecule has 0 saturated heterocycles. The third kappa shape index (κ3) is 3.90. The maximum absolute atomic E-state index is 11.9. The number of carbonyl (C=O) groups excluding carboxylic acids is 1. The lowest BCUT2D eigenvalue weighted by Crippen LogP contribution is -2.24. The zero-order valence-electron chi connectivity index (χ0n) is 12.4. The van der Waals surface area contributed by atoms with Crippen molar-refractivity contribution >= 4 is 21.8 Å². The lowest BCUT2D eigenvalue weighted by atomic mass is 10.2. The highest BCUT2D eigenvalue weighted by atomic mass is 79.9. The van der Waals surface area contributed by atoms with E-state index in [1.165, 1.54) is 0 Å². The Labute approximate surface area is 142 Å². The Kier molecular flexibility index (Phi) is 4.92. The number of imidazole rings is 1. The van der Waals surface area contributed by atoms with Gasteiger partial charge in [0.25, 0.3) is 5.91 Å². The fourth-order valence-electron chi connectivity index (χ4n) is 2.31. The molecule has 0 fully saturated rings. The zero-order valence-corrected chi connectivity index (χ0v) is 14.0. The Morgan fingerprint density at radius 3 is 2.78 bits per heavy atom. The van der Waals surface area contributed by atoms with Crippen molar-refractivity contribution < 1.29 is 9.21 Å². The van der Waals surface area contributed by atoms with E-state index in [4.69, 9.17) is 4.42 Å². The molecule has 0 radical (unpaired) electrons. The highest BCUT2D eigenvalue weighted by Crippen LogP contribution is 2.17. The van der Waals surface area contributed by atoms with Crippen LogP contribution in [-0.4, -0.2) is 22.0 Å². The van der Waals surface area contributed by atoms with Crippen LogP contribution < -0.4 is 5.32 Å². The molecule has 0 spiro atoms. The first-order chi connectivity index (χ1) is 11.2. The van der Waals surface area contributed by atoms with E-state index in [-0.39, 0.29) is 5.91 Å². The molecule has 0 saturated carbocycles. The summed E-state index contributed by atoms with van der Waals surface area (Å²) in [7, 11) is 0. The van der Waals surface area contributed by atoms with E-state index >= 15 is 0 Å². The number of aromatic nitrogens is 2. The van der Waals surface area contributed by atoms with Crippen LogP contribution in [0.4, 0.5) is 0 Å². The van der Waals surface area contributed by atoms with E-state index in [9.17, 15) is 4.79 Å². The summed E-state index contributed by atoms with van der Waals surface area (Å²) in [5.41, 5.74) is 1.09. The monoisotopic (exact) mass is 373 g/mol. The Morgan fingerprint density at radius 2 is 2.04 bits per heavy atom. The van der Waals surface area contributed by atoms with Crippen molar-refractivity contribution in [2.75, 3.05) is 6.54 Å². The molecule has 1 aromatic carbocycles. The van der Waals surface area contributed by atoms with Gasteiger partial charge in [-0.25, -0.2) is 4.98 Å². The van der Waals surface area contributed by atoms with Crippen molar-refractivity contribution in [3.05, 3.63) is 65.3 Å². The van der Waals surface area contributed by atoms with Crippen LogP contribution in [0.15, 0.2) is 63.9 Å². The van der Waals surface area contributed by atoms with Gasteiger partial charge < -0.3 is 14.3 Å². The fraction of sp³-hybridized carbons (Fsp3) is 0.176. The highest BCUT2D eigenvalue weighted by molar-refractivity contribution is 9.10. The summed E-state index contributed by atoms with van der Waals surface area (Å²) < 4.78 is 7.85. The summed E-state index contributed by atoms with van der Waals surface area (Å²) in [6.45, 7) is 1.36.